The maximum Gasteiger partial charge on any atom is 0.0897 e. The second-order valence-corrected chi connectivity index (χ2v) is 6.47. The molecule has 2 fully saturated rings. The standard InChI is InChI=1S/C16H31NO2/c1-19-12-14(18)11-17-16-10-6-5-9-15(16)13-7-3-2-4-8-13/h13-18H,2-12H2,1H3. The van der Waals surface area contributed by atoms with Crippen molar-refractivity contribution in [2.45, 2.75) is 69.9 Å². The number of hydrogen-bond acceptors (Lipinski definition) is 3. The summed E-state index contributed by atoms with van der Waals surface area (Å²) in [6, 6.07) is 0.628. The Morgan fingerprint density at radius 3 is 2.47 bits per heavy atom. The quantitative estimate of drug-likeness (QED) is 0.779. The number of methoxy groups -OCH3 is 1. The number of rotatable bonds is 6. The molecule has 19 heavy (non-hydrogen) atoms. The van der Waals surface area contributed by atoms with Crippen molar-refractivity contribution in [3.8, 4) is 0 Å². The van der Waals surface area contributed by atoms with Crippen LogP contribution in [0, 0.1) is 11.8 Å². The third kappa shape index (κ3) is 4.73. The molecule has 112 valence electrons. The van der Waals surface area contributed by atoms with E-state index in [1.54, 1.807) is 7.11 Å². The molecule has 0 saturated heterocycles. The third-order valence-corrected chi connectivity index (χ3v) is 5.05. The molecule has 0 aromatic carbocycles. The van der Waals surface area contributed by atoms with Crippen LogP contribution in [0.4, 0.5) is 0 Å². The number of nitrogens with one attached hydrogen (secondary N) is 1. The second kappa shape index (κ2) is 8.23. The summed E-state index contributed by atoms with van der Waals surface area (Å²) in [5, 5.41) is 13.4. The SMILES string of the molecule is COCC(O)CNC1CCCCC1C1CCCCC1. The lowest BCUT2D eigenvalue weighted by molar-refractivity contribution is 0.0558. The highest BCUT2D eigenvalue weighted by molar-refractivity contribution is 4.87. The first-order chi connectivity index (χ1) is 9.31. The summed E-state index contributed by atoms with van der Waals surface area (Å²) < 4.78 is 5.00. The van der Waals surface area contributed by atoms with Crippen molar-refractivity contribution in [3.05, 3.63) is 0 Å². The van der Waals surface area contributed by atoms with Gasteiger partial charge in [0.2, 0.25) is 0 Å². The highest BCUT2D eigenvalue weighted by atomic mass is 16.5. The molecule has 2 saturated carbocycles. The number of aliphatic hydroxyl groups excluding tert-OH is 1. The van der Waals surface area contributed by atoms with Gasteiger partial charge in [-0.25, -0.2) is 0 Å². The molecular weight excluding hydrogens is 238 g/mol. The molecule has 2 aliphatic carbocycles. The van der Waals surface area contributed by atoms with Crippen molar-refractivity contribution in [3.63, 3.8) is 0 Å². The van der Waals surface area contributed by atoms with Gasteiger partial charge in [-0.15, -0.1) is 0 Å². The lowest BCUT2D eigenvalue weighted by atomic mass is 9.71. The summed E-state index contributed by atoms with van der Waals surface area (Å²) in [5.41, 5.74) is 0. The Hall–Kier alpha value is -0.120. The minimum absolute atomic E-state index is 0.362. The summed E-state index contributed by atoms with van der Waals surface area (Å²) in [6.07, 6.45) is 12.2. The fourth-order valence-corrected chi connectivity index (χ4v) is 4.08. The Labute approximate surface area is 118 Å². The van der Waals surface area contributed by atoms with Gasteiger partial charge in [0.05, 0.1) is 12.7 Å². The minimum atomic E-state index is -0.362. The van der Waals surface area contributed by atoms with E-state index < -0.39 is 0 Å². The maximum atomic E-state index is 9.79. The lowest BCUT2D eigenvalue weighted by Gasteiger charge is -2.39. The van der Waals surface area contributed by atoms with Crippen LogP contribution < -0.4 is 5.32 Å². The first kappa shape index (κ1) is 15.3. The van der Waals surface area contributed by atoms with Crippen LogP contribution in [0.15, 0.2) is 0 Å². The molecule has 3 nitrogen and oxygen atoms in total. The van der Waals surface area contributed by atoms with E-state index in [9.17, 15) is 5.11 Å². The molecule has 0 heterocycles. The van der Waals surface area contributed by atoms with Crippen molar-refractivity contribution < 1.29 is 9.84 Å². The number of ether oxygens (including phenoxy) is 1. The molecule has 0 bridgehead atoms. The first-order valence-corrected chi connectivity index (χ1v) is 8.21. The molecular formula is C16H31NO2. The van der Waals surface area contributed by atoms with Crippen LogP contribution in [0.25, 0.3) is 0 Å². The minimum Gasteiger partial charge on any atom is -0.389 e. The summed E-state index contributed by atoms with van der Waals surface area (Å²) in [5.74, 6) is 1.79. The Balaban J connectivity index is 1.81. The van der Waals surface area contributed by atoms with Gasteiger partial charge in [-0.3, -0.25) is 0 Å². The molecule has 0 aromatic rings. The predicted molar refractivity (Wildman–Crippen MR) is 78.2 cm³/mol. The smallest absolute Gasteiger partial charge is 0.0897 e. The molecule has 2 aliphatic rings. The van der Waals surface area contributed by atoms with Crippen molar-refractivity contribution >= 4 is 0 Å². The summed E-state index contributed by atoms with van der Waals surface area (Å²) in [7, 11) is 1.65. The molecule has 0 aromatic heterocycles. The number of aliphatic hydroxyl groups is 1. The zero-order valence-corrected chi connectivity index (χ0v) is 12.4. The average molecular weight is 269 g/mol. The molecule has 0 aliphatic heterocycles. The Bertz CT molecular complexity index is 241. The first-order valence-electron chi connectivity index (χ1n) is 8.21. The van der Waals surface area contributed by atoms with E-state index >= 15 is 0 Å². The molecule has 3 heteroatoms. The molecule has 2 rings (SSSR count). The van der Waals surface area contributed by atoms with Crippen molar-refractivity contribution in [2.24, 2.45) is 11.8 Å². The van der Waals surface area contributed by atoms with Gasteiger partial charge >= 0.3 is 0 Å². The Kier molecular flexibility index (Phi) is 6.62. The molecule has 2 N–H and O–H groups in total. The van der Waals surface area contributed by atoms with Crippen molar-refractivity contribution in [1.82, 2.24) is 5.32 Å². The van der Waals surface area contributed by atoms with Crippen molar-refractivity contribution in [1.29, 1.82) is 0 Å². The van der Waals surface area contributed by atoms with Gasteiger partial charge in [-0.05, 0) is 24.7 Å². The summed E-state index contributed by atoms with van der Waals surface area (Å²) in [6.45, 7) is 1.12. The van der Waals surface area contributed by atoms with Crippen LogP contribution >= 0.6 is 0 Å². The van der Waals surface area contributed by atoms with E-state index in [2.05, 4.69) is 5.32 Å². The van der Waals surface area contributed by atoms with Crippen LogP contribution in [-0.4, -0.2) is 37.5 Å². The monoisotopic (exact) mass is 269 g/mol. The van der Waals surface area contributed by atoms with Crippen LogP contribution in [0.2, 0.25) is 0 Å². The van der Waals surface area contributed by atoms with Gasteiger partial charge in [0.25, 0.3) is 0 Å². The van der Waals surface area contributed by atoms with E-state index in [1.807, 2.05) is 0 Å². The molecule has 0 amide bonds. The molecule has 3 atom stereocenters. The second-order valence-electron chi connectivity index (χ2n) is 6.47. The molecule has 0 spiro atoms. The Morgan fingerprint density at radius 2 is 1.74 bits per heavy atom. The van der Waals surface area contributed by atoms with Gasteiger partial charge in [-0.1, -0.05) is 44.9 Å². The lowest BCUT2D eigenvalue weighted by Crippen LogP contribution is -2.45. The highest BCUT2D eigenvalue weighted by Gasteiger charge is 2.32. The molecule has 3 unspecified atom stereocenters. The topological polar surface area (TPSA) is 41.5 Å². The predicted octanol–water partition coefficient (Wildman–Crippen LogP) is 2.72. The van der Waals surface area contributed by atoms with Gasteiger partial charge in [-0.2, -0.15) is 0 Å². The van der Waals surface area contributed by atoms with E-state index in [4.69, 9.17) is 4.74 Å². The van der Waals surface area contributed by atoms with E-state index in [-0.39, 0.29) is 6.10 Å². The van der Waals surface area contributed by atoms with Gasteiger partial charge in [0.15, 0.2) is 0 Å². The average Bonchev–Trinajstić information content (AvgIpc) is 2.47. The van der Waals surface area contributed by atoms with Crippen LogP contribution in [0.5, 0.6) is 0 Å². The van der Waals surface area contributed by atoms with Crippen LogP contribution in [0.1, 0.15) is 57.8 Å². The van der Waals surface area contributed by atoms with E-state index in [0.29, 0.717) is 19.2 Å². The third-order valence-electron chi connectivity index (χ3n) is 5.05. The van der Waals surface area contributed by atoms with Gasteiger partial charge < -0.3 is 15.2 Å². The molecule has 0 radical (unpaired) electrons. The highest BCUT2D eigenvalue weighted by Crippen LogP contribution is 2.38. The number of hydrogen-bond donors (Lipinski definition) is 2. The largest absolute Gasteiger partial charge is 0.389 e. The van der Waals surface area contributed by atoms with Crippen molar-refractivity contribution in [2.75, 3.05) is 20.3 Å². The van der Waals surface area contributed by atoms with Gasteiger partial charge in [0.1, 0.15) is 0 Å². The fourth-order valence-electron chi connectivity index (χ4n) is 4.08. The van der Waals surface area contributed by atoms with E-state index in [0.717, 1.165) is 11.8 Å². The van der Waals surface area contributed by atoms with E-state index in [1.165, 1.54) is 57.8 Å². The van der Waals surface area contributed by atoms with Crippen LogP contribution in [-0.2, 0) is 4.74 Å². The normalized spacial score (nSPS) is 31.3. The van der Waals surface area contributed by atoms with Crippen LogP contribution in [0.3, 0.4) is 0 Å². The van der Waals surface area contributed by atoms with Gasteiger partial charge in [0, 0.05) is 19.7 Å². The maximum absolute atomic E-state index is 9.79. The summed E-state index contributed by atoms with van der Waals surface area (Å²) >= 11 is 0. The zero-order chi connectivity index (χ0) is 13.5. The summed E-state index contributed by atoms with van der Waals surface area (Å²) in [4.78, 5) is 0. The zero-order valence-electron chi connectivity index (χ0n) is 12.4. The fraction of sp³-hybridized carbons (Fsp3) is 1.00. The Morgan fingerprint density at radius 1 is 1.05 bits per heavy atom.